The van der Waals surface area contributed by atoms with Crippen LogP contribution in [0.1, 0.15) is 44.2 Å². The average Bonchev–Trinajstić information content (AvgIpc) is 2.71. The fourth-order valence-electron chi connectivity index (χ4n) is 2.54. The van der Waals surface area contributed by atoms with E-state index in [1.165, 1.54) is 18.3 Å². The molecule has 1 aromatic heterocycles. The molecule has 0 aliphatic heterocycles. The van der Waals surface area contributed by atoms with Gasteiger partial charge in [0.2, 0.25) is 10.0 Å². The fourth-order valence-corrected chi connectivity index (χ4v) is 3.62. The van der Waals surface area contributed by atoms with E-state index in [0.29, 0.717) is 0 Å². The Balaban J connectivity index is 2.04. The molecule has 21 heavy (non-hydrogen) atoms. The van der Waals surface area contributed by atoms with Crippen LogP contribution < -0.4 is 10.5 Å². The Bertz CT molecular complexity index is 611. The zero-order chi connectivity index (χ0) is 15.3. The van der Waals surface area contributed by atoms with Crippen molar-refractivity contribution in [2.24, 2.45) is 5.73 Å². The third-order valence-corrected chi connectivity index (χ3v) is 5.26. The molecule has 1 fully saturated rings. The minimum absolute atomic E-state index is 0.0544. The predicted octanol–water partition coefficient (Wildman–Crippen LogP) is 1.28. The van der Waals surface area contributed by atoms with Crippen LogP contribution in [0.2, 0.25) is 0 Å². The molecular formula is C14H20N4O2S. The number of hydrogen-bond donors (Lipinski definition) is 2. The van der Waals surface area contributed by atoms with E-state index < -0.39 is 15.6 Å². The number of nitrogens with zero attached hydrogens (tertiary/aromatic N) is 2. The molecule has 0 spiro atoms. The van der Waals surface area contributed by atoms with Crippen LogP contribution in [0.25, 0.3) is 0 Å². The number of sulfonamides is 1. The summed E-state index contributed by atoms with van der Waals surface area (Å²) in [7, 11) is -3.64. The smallest absolute Gasteiger partial charge is 0.242 e. The molecule has 0 atom stereocenters. The Hall–Kier alpha value is -1.49. The van der Waals surface area contributed by atoms with Crippen LogP contribution in [0.15, 0.2) is 23.2 Å². The van der Waals surface area contributed by atoms with Gasteiger partial charge in [0, 0.05) is 18.3 Å². The highest BCUT2D eigenvalue weighted by atomic mass is 32.2. The van der Waals surface area contributed by atoms with Crippen LogP contribution in [0.5, 0.6) is 0 Å². The van der Waals surface area contributed by atoms with Gasteiger partial charge in [0.1, 0.15) is 16.7 Å². The van der Waals surface area contributed by atoms with Crippen molar-refractivity contribution in [3.8, 4) is 6.07 Å². The van der Waals surface area contributed by atoms with E-state index in [0.717, 1.165) is 38.5 Å². The summed E-state index contributed by atoms with van der Waals surface area (Å²) in [6.45, 7) is 0.231. The highest BCUT2D eigenvalue weighted by Gasteiger charge is 2.28. The second kappa shape index (κ2) is 6.52. The van der Waals surface area contributed by atoms with E-state index in [-0.39, 0.29) is 17.1 Å². The molecule has 1 saturated carbocycles. The molecule has 1 aliphatic carbocycles. The first kappa shape index (κ1) is 15.9. The molecule has 0 saturated heterocycles. The molecular weight excluding hydrogens is 288 g/mol. The van der Waals surface area contributed by atoms with Gasteiger partial charge in [0.05, 0.1) is 0 Å². The van der Waals surface area contributed by atoms with E-state index in [1.807, 2.05) is 6.07 Å². The molecule has 1 aliphatic rings. The molecule has 1 heterocycles. The summed E-state index contributed by atoms with van der Waals surface area (Å²) in [5.74, 6) is 0. The number of nitrogens with one attached hydrogen (secondary N) is 1. The van der Waals surface area contributed by atoms with Crippen LogP contribution in [0.4, 0.5) is 0 Å². The number of pyridine rings is 1. The van der Waals surface area contributed by atoms with Crippen molar-refractivity contribution >= 4 is 10.0 Å². The molecule has 6 nitrogen and oxygen atoms in total. The van der Waals surface area contributed by atoms with E-state index in [1.54, 1.807) is 0 Å². The van der Waals surface area contributed by atoms with E-state index in [9.17, 15) is 8.42 Å². The number of hydrogen-bond acceptors (Lipinski definition) is 5. The summed E-state index contributed by atoms with van der Waals surface area (Å²) in [5.41, 5.74) is 6.02. The monoisotopic (exact) mass is 308 g/mol. The summed E-state index contributed by atoms with van der Waals surface area (Å²) >= 11 is 0. The number of rotatable bonds is 4. The Morgan fingerprint density at radius 3 is 2.48 bits per heavy atom. The van der Waals surface area contributed by atoms with Crippen molar-refractivity contribution < 1.29 is 8.42 Å². The molecule has 0 aromatic carbocycles. The number of nitrogens with two attached hydrogens (primary N) is 1. The second-order valence-corrected chi connectivity index (χ2v) is 7.36. The van der Waals surface area contributed by atoms with Crippen LogP contribution in [-0.2, 0) is 10.0 Å². The molecule has 1 aromatic rings. The molecule has 0 unspecified atom stereocenters. The first-order valence-corrected chi connectivity index (χ1v) is 8.58. The standard InChI is InChI=1S/C14H20N4O2S/c15-9-12-5-6-13(10-17-12)21(19,20)18-11-14(16)7-3-1-2-4-8-14/h5-6,10,18H,1-4,7-8,11,16H2. The zero-order valence-electron chi connectivity index (χ0n) is 11.9. The van der Waals surface area contributed by atoms with E-state index >= 15 is 0 Å². The quantitative estimate of drug-likeness (QED) is 0.814. The second-order valence-electron chi connectivity index (χ2n) is 5.59. The summed E-state index contributed by atoms with van der Waals surface area (Å²) in [5, 5.41) is 8.67. The summed E-state index contributed by atoms with van der Waals surface area (Å²) < 4.78 is 27.0. The van der Waals surface area contributed by atoms with Crippen molar-refractivity contribution in [3.63, 3.8) is 0 Å². The lowest BCUT2D eigenvalue weighted by molar-refractivity contribution is 0.369. The van der Waals surface area contributed by atoms with Crippen molar-refractivity contribution in [2.75, 3.05) is 6.54 Å². The molecule has 0 radical (unpaired) electrons. The zero-order valence-corrected chi connectivity index (χ0v) is 12.7. The maximum absolute atomic E-state index is 12.2. The molecule has 0 amide bonds. The molecule has 7 heteroatoms. The summed E-state index contributed by atoms with van der Waals surface area (Å²) in [6.07, 6.45) is 7.25. The maximum atomic E-state index is 12.2. The van der Waals surface area contributed by atoms with Gasteiger partial charge in [-0.3, -0.25) is 0 Å². The lowest BCUT2D eigenvalue weighted by Crippen LogP contribution is -2.49. The fraction of sp³-hybridized carbons (Fsp3) is 0.571. The van der Waals surface area contributed by atoms with E-state index in [4.69, 9.17) is 11.0 Å². The van der Waals surface area contributed by atoms with Gasteiger partial charge >= 0.3 is 0 Å². The summed E-state index contributed by atoms with van der Waals surface area (Å²) in [4.78, 5) is 3.83. The highest BCUT2D eigenvalue weighted by molar-refractivity contribution is 7.89. The van der Waals surface area contributed by atoms with Gasteiger partial charge in [-0.25, -0.2) is 18.1 Å². The Morgan fingerprint density at radius 2 is 1.95 bits per heavy atom. The Kier molecular flexibility index (Phi) is 4.93. The van der Waals surface area contributed by atoms with Gasteiger partial charge in [0.15, 0.2) is 0 Å². The largest absolute Gasteiger partial charge is 0.324 e. The highest BCUT2D eigenvalue weighted by Crippen LogP contribution is 2.24. The van der Waals surface area contributed by atoms with Gasteiger partial charge in [-0.15, -0.1) is 0 Å². The lowest BCUT2D eigenvalue weighted by Gasteiger charge is -2.28. The Morgan fingerprint density at radius 1 is 1.29 bits per heavy atom. The average molecular weight is 308 g/mol. The third kappa shape index (κ3) is 4.24. The number of aromatic nitrogens is 1. The van der Waals surface area contributed by atoms with Crippen LogP contribution in [0, 0.1) is 11.3 Å². The minimum Gasteiger partial charge on any atom is -0.324 e. The van der Waals surface area contributed by atoms with Gasteiger partial charge in [-0.2, -0.15) is 5.26 Å². The van der Waals surface area contributed by atoms with E-state index in [2.05, 4.69) is 9.71 Å². The maximum Gasteiger partial charge on any atom is 0.242 e. The molecule has 3 N–H and O–H groups in total. The van der Waals surface area contributed by atoms with Crippen molar-refractivity contribution in [2.45, 2.75) is 49.0 Å². The molecule has 0 bridgehead atoms. The van der Waals surface area contributed by atoms with Crippen molar-refractivity contribution in [1.29, 1.82) is 5.26 Å². The Labute approximate surface area is 125 Å². The SMILES string of the molecule is N#Cc1ccc(S(=O)(=O)NCC2(N)CCCCCC2)cn1. The molecule has 2 rings (SSSR count). The van der Waals surface area contributed by atoms with Gasteiger partial charge in [-0.1, -0.05) is 25.7 Å². The predicted molar refractivity (Wildman–Crippen MR) is 78.8 cm³/mol. The lowest BCUT2D eigenvalue weighted by atomic mass is 9.92. The van der Waals surface area contributed by atoms with Crippen LogP contribution in [-0.4, -0.2) is 25.5 Å². The third-order valence-electron chi connectivity index (χ3n) is 3.87. The van der Waals surface area contributed by atoms with Gasteiger partial charge < -0.3 is 5.73 Å². The van der Waals surface area contributed by atoms with Crippen molar-refractivity contribution in [1.82, 2.24) is 9.71 Å². The van der Waals surface area contributed by atoms with Gasteiger partial charge in [-0.05, 0) is 25.0 Å². The van der Waals surface area contributed by atoms with Crippen LogP contribution >= 0.6 is 0 Å². The van der Waals surface area contributed by atoms with Gasteiger partial charge in [0.25, 0.3) is 0 Å². The number of nitriles is 1. The topological polar surface area (TPSA) is 109 Å². The first-order chi connectivity index (χ1) is 9.95. The molecule has 114 valence electrons. The normalized spacial score (nSPS) is 18.7. The first-order valence-electron chi connectivity index (χ1n) is 7.10. The minimum atomic E-state index is -3.64. The summed E-state index contributed by atoms with van der Waals surface area (Å²) in [6, 6.07) is 4.62. The van der Waals surface area contributed by atoms with Crippen LogP contribution in [0.3, 0.4) is 0 Å². The van der Waals surface area contributed by atoms with Crippen molar-refractivity contribution in [3.05, 3.63) is 24.0 Å².